The molecular formula is C20H26N2O3S. The molecule has 0 spiro atoms. The van der Waals surface area contributed by atoms with Crippen LogP contribution in [0.3, 0.4) is 0 Å². The van der Waals surface area contributed by atoms with Gasteiger partial charge in [0.15, 0.2) is 0 Å². The maximum Gasteiger partial charge on any atom is 0.232 e. The third-order valence-corrected chi connectivity index (χ3v) is 5.52. The number of carbonyl (C=O) groups excluding carboxylic acids is 1. The summed E-state index contributed by atoms with van der Waals surface area (Å²) < 4.78 is 25.8. The highest BCUT2D eigenvalue weighted by Gasteiger charge is 2.19. The zero-order chi connectivity index (χ0) is 19.2. The van der Waals surface area contributed by atoms with Crippen molar-refractivity contribution in [1.82, 2.24) is 5.32 Å². The van der Waals surface area contributed by atoms with Crippen LogP contribution in [0.25, 0.3) is 0 Å². The lowest BCUT2D eigenvalue weighted by Gasteiger charge is -2.24. The molecule has 26 heavy (non-hydrogen) atoms. The number of aryl methyl sites for hydroxylation is 1. The van der Waals surface area contributed by atoms with Crippen LogP contribution in [-0.4, -0.2) is 27.1 Å². The van der Waals surface area contributed by atoms with Crippen molar-refractivity contribution in [3.8, 4) is 0 Å². The smallest absolute Gasteiger partial charge is 0.232 e. The number of anilines is 1. The Morgan fingerprint density at radius 1 is 1.04 bits per heavy atom. The molecule has 0 heterocycles. The van der Waals surface area contributed by atoms with E-state index in [1.54, 1.807) is 6.07 Å². The fourth-order valence-electron chi connectivity index (χ4n) is 2.74. The van der Waals surface area contributed by atoms with E-state index in [4.69, 9.17) is 0 Å². The van der Waals surface area contributed by atoms with Gasteiger partial charge in [0.25, 0.3) is 0 Å². The molecule has 0 radical (unpaired) electrons. The molecule has 0 unspecified atom stereocenters. The first-order valence-corrected chi connectivity index (χ1v) is 10.5. The van der Waals surface area contributed by atoms with Crippen molar-refractivity contribution in [3.63, 3.8) is 0 Å². The SMILES string of the molecule is Cc1cccc(N(CCCC(=O)NCc2ccccc2)S(C)(=O)=O)c1C. The van der Waals surface area contributed by atoms with Crippen molar-refractivity contribution in [1.29, 1.82) is 0 Å². The lowest BCUT2D eigenvalue weighted by atomic mass is 10.1. The summed E-state index contributed by atoms with van der Waals surface area (Å²) in [7, 11) is -3.41. The van der Waals surface area contributed by atoms with Gasteiger partial charge < -0.3 is 5.32 Å². The minimum absolute atomic E-state index is 0.0803. The van der Waals surface area contributed by atoms with E-state index in [2.05, 4.69) is 5.32 Å². The van der Waals surface area contributed by atoms with E-state index < -0.39 is 10.0 Å². The van der Waals surface area contributed by atoms with Crippen LogP contribution in [0.15, 0.2) is 48.5 Å². The number of nitrogens with zero attached hydrogens (tertiary/aromatic N) is 1. The quantitative estimate of drug-likeness (QED) is 0.772. The van der Waals surface area contributed by atoms with Crippen molar-refractivity contribution in [3.05, 3.63) is 65.2 Å². The van der Waals surface area contributed by atoms with E-state index in [0.29, 0.717) is 18.7 Å². The molecule has 0 saturated heterocycles. The second kappa shape index (κ2) is 8.85. The largest absolute Gasteiger partial charge is 0.352 e. The van der Waals surface area contributed by atoms with Crippen molar-refractivity contribution in [2.75, 3.05) is 17.1 Å². The van der Waals surface area contributed by atoms with Crippen LogP contribution >= 0.6 is 0 Å². The summed E-state index contributed by atoms with van der Waals surface area (Å²) in [6.07, 6.45) is 1.94. The molecule has 1 amide bonds. The van der Waals surface area contributed by atoms with Gasteiger partial charge in [-0.15, -0.1) is 0 Å². The van der Waals surface area contributed by atoms with Gasteiger partial charge in [-0.2, -0.15) is 0 Å². The molecule has 0 atom stereocenters. The van der Waals surface area contributed by atoms with Gasteiger partial charge >= 0.3 is 0 Å². The number of nitrogens with one attached hydrogen (secondary N) is 1. The first kappa shape index (κ1) is 20.0. The lowest BCUT2D eigenvalue weighted by molar-refractivity contribution is -0.121. The Labute approximate surface area is 156 Å². The average molecular weight is 375 g/mol. The Kier molecular flexibility index (Phi) is 6.80. The van der Waals surface area contributed by atoms with Crippen LogP contribution in [0.1, 0.15) is 29.5 Å². The molecule has 0 saturated carbocycles. The predicted octanol–water partition coefficient (Wildman–Crippen LogP) is 3.17. The Balaban J connectivity index is 1.94. The highest BCUT2D eigenvalue weighted by atomic mass is 32.2. The molecule has 0 aromatic heterocycles. The second-order valence-electron chi connectivity index (χ2n) is 6.42. The average Bonchev–Trinajstić information content (AvgIpc) is 2.60. The molecule has 2 rings (SSSR count). The topological polar surface area (TPSA) is 66.5 Å². The summed E-state index contributed by atoms with van der Waals surface area (Å²) in [6.45, 7) is 4.63. The number of benzene rings is 2. The van der Waals surface area contributed by atoms with E-state index in [-0.39, 0.29) is 18.9 Å². The van der Waals surface area contributed by atoms with Crippen LogP contribution in [0.4, 0.5) is 5.69 Å². The Morgan fingerprint density at radius 3 is 2.38 bits per heavy atom. The van der Waals surface area contributed by atoms with Crippen LogP contribution in [0.2, 0.25) is 0 Å². The molecule has 0 bridgehead atoms. The first-order valence-electron chi connectivity index (χ1n) is 8.63. The van der Waals surface area contributed by atoms with E-state index in [1.807, 2.05) is 56.3 Å². The van der Waals surface area contributed by atoms with Crippen LogP contribution < -0.4 is 9.62 Å². The van der Waals surface area contributed by atoms with Crippen molar-refractivity contribution in [2.24, 2.45) is 0 Å². The maximum atomic E-state index is 12.2. The van der Waals surface area contributed by atoms with Gasteiger partial charge in [0.05, 0.1) is 11.9 Å². The van der Waals surface area contributed by atoms with Crippen molar-refractivity contribution in [2.45, 2.75) is 33.2 Å². The van der Waals surface area contributed by atoms with E-state index >= 15 is 0 Å². The summed E-state index contributed by atoms with van der Waals surface area (Å²) in [5.41, 5.74) is 3.69. The Hall–Kier alpha value is -2.34. The van der Waals surface area contributed by atoms with Gasteiger partial charge in [-0.25, -0.2) is 8.42 Å². The summed E-state index contributed by atoms with van der Waals surface area (Å²) in [5.74, 6) is -0.0803. The van der Waals surface area contributed by atoms with Gasteiger partial charge in [-0.3, -0.25) is 9.10 Å². The van der Waals surface area contributed by atoms with Gasteiger partial charge in [0.2, 0.25) is 15.9 Å². The van der Waals surface area contributed by atoms with Crippen LogP contribution in [0.5, 0.6) is 0 Å². The van der Waals surface area contributed by atoms with Gasteiger partial charge in [-0.1, -0.05) is 42.5 Å². The fraction of sp³-hybridized carbons (Fsp3) is 0.350. The molecule has 1 N–H and O–H groups in total. The molecule has 0 aliphatic heterocycles. The van der Waals surface area contributed by atoms with E-state index in [0.717, 1.165) is 16.7 Å². The normalized spacial score (nSPS) is 11.2. The molecule has 0 aliphatic carbocycles. The molecule has 5 nitrogen and oxygen atoms in total. The standard InChI is InChI=1S/C20H26N2O3S/c1-16-9-7-12-19(17(16)2)22(26(3,24)25)14-8-13-20(23)21-15-18-10-5-4-6-11-18/h4-7,9-12H,8,13-15H2,1-3H3,(H,21,23). The summed E-state index contributed by atoms with van der Waals surface area (Å²) in [6, 6.07) is 15.3. The van der Waals surface area contributed by atoms with E-state index in [1.165, 1.54) is 10.6 Å². The number of amides is 1. The van der Waals surface area contributed by atoms with Gasteiger partial charge in [-0.05, 0) is 43.0 Å². The van der Waals surface area contributed by atoms with Crippen molar-refractivity contribution >= 4 is 21.6 Å². The molecular weight excluding hydrogens is 348 g/mol. The number of hydrogen-bond acceptors (Lipinski definition) is 3. The Morgan fingerprint density at radius 2 is 1.73 bits per heavy atom. The van der Waals surface area contributed by atoms with Crippen LogP contribution in [-0.2, 0) is 21.4 Å². The number of carbonyl (C=O) groups is 1. The highest BCUT2D eigenvalue weighted by Crippen LogP contribution is 2.25. The molecule has 2 aromatic carbocycles. The third kappa shape index (κ3) is 5.59. The Bertz CT molecular complexity index is 849. The molecule has 0 aliphatic rings. The van der Waals surface area contributed by atoms with Crippen molar-refractivity contribution < 1.29 is 13.2 Å². The maximum absolute atomic E-state index is 12.2. The predicted molar refractivity (Wildman–Crippen MR) is 106 cm³/mol. The highest BCUT2D eigenvalue weighted by molar-refractivity contribution is 7.92. The molecule has 140 valence electrons. The minimum atomic E-state index is -3.41. The monoisotopic (exact) mass is 374 g/mol. The molecule has 2 aromatic rings. The number of sulfonamides is 1. The fourth-order valence-corrected chi connectivity index (χ4v) is 3.75. The minimum Gasteiger partial charge on any atom is -0.352 e. The zero-order valence-corrected chi connectivity index (χ0v) is 16.3. The number of hydrogen-bond donors (Lipinski definition) is 1. The summed E-state index contributed by atoms with van der Waals surface area (Å²) in [4.78, 5) is 12.0. The third-order valence-electron chi connectivity index (χ3n) is 4.34. The number of rotatable bonds is 8. The van der Waals surface area contributed by atoms with Gasteiger partial charge in [0.1, 0.15) is 0 Å². The van der Waals surface area contributed by atoms with Gasteiger partial charge in [0, 0.05) is 19.5 Å². The zero-order valence-electron chi connectivity index (χ0n) is 15.5. The van der Waals surface area contributed by atoms with Crippen LogP contribution in [0, 0.1) is 13.8 Å². The van der Waals surface area contributed by atoms with E-state index in [9.17, 15) is 13.2 Å². The summed E-state index contributed by atoms with van der Waals surface area (Å²) >= 11 is 0. The second-order valence-corrected chi connectivity index (χ2v) is 8.33. The molecule has 0 fully saturated rings. The first-order chi connectivity index (χ1) is 12.3. The lowest BCUT2D eigenvalue weighted by Crippen LogP contribution is -2.32. The molecule has 6 heteroatoms. The summed E-state index contributed by atoms with van der Waals surface area (Å²) in [5, 5.41) is 2.86.